The normalized spacial score (nSPS) is 14.2. The summed E-state index contributed by atoms with van der Waals surface area (Å²) in [5, 5.41) is 10.3. The summed E-state index contributed by atoms with van der Waals surface area (Å²) in [5.74, 6) is -2.31. The lowest BCUT2D eigenvalue weighted by molar-refractivity contribution is -0.192. The predicted octanol–water partition coefficient (Wildman–Crippen LogP) is 2.64. The van der Waals surface area contributed by atoms with Crippen molar-refractivity contribution in [1.82, 2.24) is 14.5 Å². The van der Waals surface area contributed by atoms with Crippen molar-refractivity contribution in [2.45, 2.75) is 19.0 Å². The Hall–Kier alpha value is -3.16. The van der Waals surface area contributed by atoms with Crippen molar-refractivity contribution in [1.29, 1.82) is 0 Å². The highest BCUT2D eigenvalue weighted by Gasteiger charge is 2.38. The van der Waals surface area contributed by atoms with Crippen LogP contribution in [0.25, 0.3) is 0 Å². The minimum absolute atomic E-state index is 0.0692. The lowest BCUT2D eigenvalue weighted by Crippen LogP contribution is -2.48. The van der Waals surface area contributed by atoms with Crippen molar-refractivity contribution >= 4 is 21.9 Å². The molecule has 38 heavy (non-hydrogen) atoms. The highest BCUT2D eigenvalue weighted by atomic mass is 32.2. The SMILES string of the molecule is COc1ccc(C(=O)N(CCCc2ccccc2)CCS(=O)(=O)N2CCNCC2)cc1.O=C(O)C(F)(F)F. The second-order valence-electron chi connectivity index (χ2n) is 8.38. The number of sulfonamides is 1. The zero-order valence-electron chi connectivity index (χ0n) is 21.0. The number of piperazine rings is 1. The topological polar surface area (TPSA) is 116 Å². The van der Waals surface area contributed by atoms with E-state index in [4.69, 9.17) is 14.6 Å². The number of ether oxygens (including phenoxy) is 1. The summed E-state index contributed by atoms with van der Waals surface area (Å²) in [7, 11) is -1.83. The Kier molecular flexibility index (Phi) is 12.0. The van der Waals surface area contributed by atoms with Gasteiger partial charge in [0.2, 0.25) is 10.0 Å². The molecule has 1 aliphatic rings. The average Bonchev–Trinajstić information content (AvgIpc) is 2.91. The van der Waals surface area contributed by atoms with Gasteiger partial charge in [0.1, 0.15) is 5.75 Å². The molecule has 1 amide bonds. The molecule has 0 bridgehead atoms. The molecule has 13 heteroatoms. The number of amides is 1. The summed E-state index contributed by atoms with van der Waals surface area (Å²) in [6.45, 7) is 2.93. The van der Waals surface area contributed by atoms with Crippen LogP contribution in [0.15, 0.2) is 54.6 Å². The lowest BCUT2D eigenvalue weighted by Gasteiger charge is -2.28. The smallest absolute Gasteiger partial charge is 0.490 e. The molecular formula is C25H32F3N3O6S. The first-order chi connectivity index (χ1) is 17.9. The molecule has 1 heterocycles. The van der Waals surface area contributed by atoms with E-state index in [1.54, 1.807) is 36.3 Å². The van der Waals surface area contributed by atoms with Gasteiger partial charge in [-0.2, -0.15) is 17.5 Å². The molecule has 1 saturated heterocycles. The second-order valence-corrected chi connectivity index (χ2v) is 10.5. The monoisotopic (exact) mass is 559 g/mol. The summed E-state index contributed by atoms with van der Waals surface area (Å²) < 4.78 is 64.0. The molecule has 0 aromatic heterocycles. The molecule has 0 saturated carbocycles. The van der Waals surface area contributed by atoms with Crippen LogP contribution in [0.1, 0.15) is 22.3 Å². The minimum Gasteiger partial charge on any atom is -0.497 e. The van der Waals surface area contributed by atoms with E-state index >= 15 is 0 Å². The van der Waals surface area contributed by atoms with Crippen LogP contribution in [0.2, 0.25) is 0 Å². The maximum atomic E-state index is 13.1. The number of benzene rings is 2. The first-order valence-electron chi connectivity index (χ1n) is 11.9. The third kappa shape index (κ3) is 10.3. The molecule has 0 spiro atoms. The molecule has 0 radical (unpaired) electrons. The van der Waals surface area contributed by atoms with Gasteiger partial charge in [-0.05, 0) is 42.7 Å². The van der Waals surface area contributed by atoms with Gasteiger partial charge in [-0.25, -0.2) is 13.2 Å². The largest absolute Gasteiger partial charge is 0.497 e. The van der Waals surface area contributed by atoms with Gasteiger partial charge < -0.3 is 20.1 Å². The Balaban J connectivity index is 0.000000638. The summed E-state index contributed by atoms with van der Waals surface area (Å²) in [5.41, 5.74) is 1.73. The van der Waals surface area contributed by atoms with Crippen LogP contribution >= 0.6 is 0 Å². The zero-order valence-corrected chi connectivity index (χ0v) is 21.8. The van der Waals surface area contributed by atoms with Gasteiger partial charge in [-0.3, -0.25) is 4.79 Å². The number of carbonyl (C=O) groups excluding carboxylic acids is 1. The van der Waals surface area contributed by atoms with Gasteiger partial charge >= 0.3 is 12.1 Å². The van der Waals surface area contributed by atoms with E-state index in [1.165, 1.54) is 9.87 Å². The average molecular weight is 560 g/mol. The van der Waals surface area contributed by atoms with Crippen molar-refractivity contribution in [3.8, 4) is 5.75 Å². The van der Waals surface area contributed by atoms with Crippen LogP contribution in [-0.2, 0) is 21.2 Å². The summed E-state index contributed by atoms with van der Waals surface area (Å²) in [6.07, 6.45) is -3.49. The number of aryl methyl sites for hydroxylation is 1. The number of carboxylic acid groups (broad SMARTS) is 1. The van der Waals surface area contributed by atoms with E-state index < -0.39 is 22.2 Å². The maximum Gasteiger partial charge on any atom is 0.490 e. The molecule has 0 unspecified atom stereocenters. The van der Waals surface area contributed by atoms with E-state index in [2.05, 4.69) is 17.4 Å². The van der Waals surface area contributed by atoms with Crippen LogP contribution in [-0.4, -0.2) is 92.9 Å². The van der Waals surface area contributed by atoms with Crippen molar-refractivity contribution in [2.75, 3.05) is 52.1 Å². The van der Waals surface area contributed by atoms with Crippen LogP contribution < -0.4 is 10.1 Å². The Morgan fingerprint density at radius 1 is 1.03 bits per heavy atom. The quantitative estimate of drug-likeness (QED) is 0.460. The number of carbonyl (C=O) groups is 2. The molecular weight excluding hydrogens is 527 g/mol. The fraction of sp³-hybridized carbons (Fsp3) is 0.440. The zero-order chi connectivity index (χ0) is 28.2. The number of hydrogen-bond donors (Lipinski definition) is 2. The summed E-state index contributed by atoms with van der Waals surface area (Å²) in [6, 6.07) is 17.0. The van der Waals surface area contributed by atoms with Gasteiger partial charge in [0.25, 0.3) is 5.91 Å². The Bertz CT molecular complexity index is 1120. The molecule has 210 valence electrons. The van der Waals surface area contributed by atoms with Gasteiger partial charge in [0, 0.05) is 44.8 Å². The van der Waals surface area contributed by atoms with Crippen LogP contribution in [0.3, 0.4) is 0 Å². The molecule has 2 N–H and O–H groups in total. The van der Waals surface area contributed by atoms with Crippen LogP contribution in [0.4, 0.5) is 13.2 Å². The Morgan fingerprint density at radius 2 is 1.61 bits per heavy atom. The number of nitrogens with one attached hydrogen (secondary N) is 1. The number of nitrogens with zero attached hydrogens (tertiary/aromatic N) is 2. The summed E-state index contributed by atoms with van der Waals surface area (Å²) >= 11 is 0. The maximum absolute atomic E-state index is 13.1. The molecule has 3 rings (SSSR count). The minimum atomic E-state index is -5.08. The third-order valence-electron chi connectivity index (χ3n) is 5.69. The summed E-state index contributed by atoms with van der Waals surface area (Å²) in [4.78, 5) is 23.7. The van der Waals surface area contributed by atoms with E-state index in [0.717, 1.165) is 12.8 Å². The number of aliphatic carboxylic acids is 1. The van der Waals surface area contributed by atoms with Crippen LogP contribution in [0.5, 0.6) is 5.75 Å². The van der Waals surface area contributed by atoms with Crippen molar-refractivity contribution in [3.63, 3.8) is 0 Å². The van der Waals surface area contributed by atoms with Crippen molar-refractivity contribution in [2.24, 2.45) is 0 Å². The fourth-order valence-electron chi connectivity index (χ4n) is 3.63. The lowest BCUT2D eigenvalue weighted by atomic mass is 10.1. The van der Waals surface area contributed by atoms with E-state index in [9.17, 15) is 26.4 Å². The molecule has 0 aliphatic carbocycles. The standard InChI is InChI=1S/C23H31N3O4S.C2HF3O2/c1-30-22-11-9-21(10-12-22)23(27)25(15-5-8-20-6-3-2-4-7-20)18-19-31(28,29)26-16-13-24-14-17-26;3-2(4,5)1(6)7/h2-4,6-7,9-12,24H,5,8,13-19H2,1H3;(H,6,7). The number of rotatable bonds is 10. The number of alkyl halides is 3. The van der Waals surface area contributed by atoms with Gasteiger partial charge in [0.15, 0.2) is 0 Å². The number of carboxylic acids is 1. The molecule has 9 nitrogen and oxygen atoms in total. The van der Waals surface area contributed by atoms with Gasteiger partial charge in [-0.1, -0.05) is 30.3 Å². The first kappa shape index (κ1) is 31.1. The molecule has 0 atom stereocenters. The Morgan fingerprint density at radius 3 is 2.13 bits per heavy atom. The molecule has 2 aromatic rings. The predicted molar refractivity (Wildman–Crippen MR) is 136 cm³/mol. The molecule has 1 aliphatic heterocycles. The highest BCUT2D eigenvalue weighted by Crippen LogP contribution is 2.15. The third-order valence-corrected chi connectivity index (χ3v) is 7.54. The van der Waals surface area contributed by atoms with Crippen LogP contribution in [0, 0.1) is 0 Å². The van der Waals surface area contributed by atoms with Crippen molar-refractivity contribution < 1.29 is 41.0 Å². The van der Waals surface area contributed by atoms with E-state index in [-0.39, 0.29) is 18.2 Å². The fourth-order valence-corrected chi connectivity index (χ4v) is 5.08. The Labute approximate surface area is 220 Å². The van der Waals surface area contributed by atoms with E-state index in [0.29, 0.717) is 44.0 Å². The first-order valence-corrected chi connectivity index (χ1v) is 13.5. The van der Waals surface area contributed by atoms with Gasteiger partial charge in [0.05, 0.1) is 12.9 Å². The van der Waals surface area contributed by atoms with Gasteiger partial charge in [-0.15, -0.1) is 0 Å². The van der Waals surface area contributed by atoms with E-state index in [1.807, 2.05) is 18.2 Å². The highest BCUT2D eigenvalue weighted by molar-refractivity contribution is 7.89. The molecule has 1 fully saturated rings. The number of methoxy groups -OCH3 is 1. The number of hydrogen-bond acceptors (Lipinski definition) is 6. The second kappa shape index (κ2) is 14.7. The van der Waals surface area contributed by atoms with Crippen molar-refractivity contribution in [3.05, 3.63) is 65.7 Å². The molecule has 2 aromatic carbocycles. The number of halogens is 3.